The molecule has 0 aromatic heterocycles. The van der Waals surface area contributed by atoms with Crippen molar-refractivity contribution >= 4 is 15.9 Å². The smallest absolute Gasteiger partial charge is 0.137 e. The molecular formula is C16H22BrFO. The molecule has 0 amide bonds. The zero-order chi connectivity index (χ0) is 13.9. The van der Waals surface area contributed by atoms with Gasteiger partial charge in [-0.1, -0.05) is 38.3 Å². The number of hydrogen-bond donors (Lipinski definition) is 1. The van der Waals surface area contributed by atoms with Crippen LogP contribution in [0.25, 0.3) is 0 Å². The zero-order valence-corrected chi connectivity index (χ0v) is 13.0. The lowest BCUT2D eigenvalue weighted by molar-refractivity contribution is 0.0239. The lowest BCUT2D eigenvalue weighted by Crippen LogP contribution is -2.31. The molecule has 19 heavy (non-hydrogen) atoms. The van der Waals surface area contributed by atoms with E-state index in [0.717, 1.165) is 37.2 Å². The van der Waals surface area contributed by atoms with Crippen LogP contribution in [0.2, 0.25) is 0 Å². The number of benzene rings is 1. The van der Waals surface area contributed by atoms with E-state index in [1.54, 1.807) is 6.07 Å². The van der Waals surface area contributed by atoms with E-state index >= 15 is 0 Å². The average Bonchev–Trinajstić information content (AvgIpc) is 2.57. The van der Waals surface area contributed by atoms with Gasteiger partial charge in [0.15, 0.2) is 0 Å². The maximum absolute atomic E-state index is 13.5. The van der Waals surface area contributed by atoms with Crippen LogP contribution >= 0.6 is 15.9 Å². The van der Waals surface area contributed by atoms with Crippen LogP contribution in [-0.2, 0) is 6.42 Å². The molecule has 1 aliphatic rings. The first-order valence-electron chi connectivity index (χ1n) is 7.19. The maximum atomic E-state index is 13.5. The van der Waals surface area contributed by atoms with E-state index in [0.29, 0.717) is 10.9 Å². The van der Waals surface area contributed by atoms with Gasteiger partial charge in [-0.15, -0.1) is 0 Å². The van der Waals surface area contributed by atoms with Crippen LogP contribution in [-0.4, -0.2) is 10.7 Å². The Morgan fingerprint density at radius 2 is 2.16 bits per heavy atom. The van der Waals surface area contributed by atoms with E-state index in [-0.39, 0.29) is 5.82 Å². The highest BCUT2D eigenvalue weighted by molar-refractivity contribution is 9.10. The number of hydrogen-bond acceptors (Lipinski definition) is 1. The highest BCUT2D eigenvalue weighted by atomic mass is 79.9. The summed E-state index contributed by atoms with van der Waals surface area (Å²) in [5, 5.41) is 10.8. The molecule has 1 fully saturated rings. The van der Waals surface area contributed by atoms with Gasteiger partial charge < -0.3 is 5.11 Å². The molecule has 0 spiro atoms. The van der Waals surface area contributed by atoms with Gasteiger partial charge in [-0.2, -0.15) is 0 Å². The minimum atomic E-state index is -0.666. The Morgan fingerprint density at radius 1 is 1.37 bits per heavy atom. The van der Waals surface area contributed by atoms with Crippen molar-refractivity contribution in [2.45, 2.75) is 57.5 Å². The standard InChI is InChI=1S/C16H22BrFO/c1-2-12-5-4-9-16(19,10-8-12)11-13-6-3-7-14(18)15(13)17/h3,6-7,12,19H,2,4-5,8-11H2,1H3. The first-order valence-corrected chi connectivity index (χ1v) is 7.98. The zero-order valence-electron chi connectivity index (χ0n) is 11.5. The summed E-state index contributed by atoms with van der Waals surface area (Å²) in [5.41, 5.74) is 0.206. The molecule has 1 nitrogen and oxygen atoms in total. The Kier molecular flexibility index (Phi) is 5.02. The summed E-state index contributed by atoms with van der Waals surface area (Å²) in [4.78, 5) is 0. The molecule has 0 bridgehead atoms. The second-order valence-corrected chi connectivity index (χ2v) is 6.61. The van der Waals surface area contributed by atoms with Crippen molar-refractivity contribution in [1.82, 2.24) is 0 Å². The second-order valence-electron chi connectivity index (χ2n) is 5.82. The molecule has 2 rings (SSSR count). The summed E-state index contributed by atoms with van der Waals surface area (Å²) in [6, 6.07) is 5.05. The highest BCUT2D eigenvalue weighted by Gasteiger charge is 2.31. The van der Waals surface area contributed by atoms with Crippen molar-refractivity contribution in [2.75, 3.05) is 0 Å². The Bertz CT molecular complexity index is 435. The van der Waals surface area contributed by atoms with Crippen LogP contribution in [0, 0.1) is 11.7 Å². The number of halogens is 2. The van der Waals surface area contributed by atoms with Crippen molar-refractivity contribution in [3.05, 3.63) is 34.1 Å². The van der Waals surface area contributed by atoms with E-state index in [2.05, 4.69) is 22.9 Å². The maximum Gasteiger partial charge on any atom is 0.137 e. The Hall–Kier alpha value is -0.410. The molecule has 1 saturated carbocycles. The molecule has 1 N–H and O–H groups in total. The molecule has 0 radical (unpaired) electrons. The molecule has 106 valence electrons. The monoisotopic (exact) mass is 328 g/mol. The van der Waals surface area contributed by atoms with E-state index in [4.69, 9.17) is 0 Å². The minimum absolute atomic E-state index is 0.249. The lowest BCUT2D eigenvalue weighted by Gasteiger charge is -2.27. The first-order chi connectivity index (χ1) is 9.04. The summed E-state index contributed by atoms with van der Waals surface area (Å²) in [6.45, 7) is 2.22. The van der Waals surface area contributed by atoms with Gasteiger partial charge in [-0.05, 0) is 52.7 Å². The van der Waals surface area contributed by atoms with Gasteiger partial charge in [0.05, 0.1) is 10.1 Å². The largest absolute Gasteiger partial charge is 0.390 e. The van der Waals surface area contributed by atoms with Crippen molar-refractivity contribution in [2.24, 2.45) is 5.92 Å². The highest BCUT2D eigenvalue weighted by Crippen LogP contribution is 2.35. The van der Waals surface area contributed by atoms with Gasteiger partial charge >= 0.3 is 0 Å². The summed E-state index contributed by atoms with van der Waals surface area (Å²) in [6.07, 6.45) is 6.76. The van der Waals surface area contributed by atoms with E-state index in [9.17, 15) is 9.50 Å². The lowest BCUT2D eigenvalue weighted by atomic mass is 9.87. The van der Waals surface area contributed by atoms with E-state index in [1.807, 2.05) is 6.07 Å². The minimum Gasteiger partial charge on any atom is -0.390 e. The quantitative estimate of drug-likeness (QED) is 0.786. The average molecular weight is 329 g/mol. The van der Waals surface area contributed by atoms with Gasteiger partial charge in [-0.3, -0.25) is 0 Å². The summed E-state index contributed by atoms with van der Waals surface area (Å²) in [5.74, 6) is 0.492. The predicted octanol–water partition coefficient (Wildman–Crippen LogP) is 4.85. The van der Waals surface area contributed by atoms with Gasteiger partial charge in [0.1, 0.15) is 5.82 Å². The normalized spacial score (nSPS) is 28.1. The summed E-state index contributed by atoms with van der Waals surface area (Å²) < 4.78 is 14.0. The van der Waals surface area contributed by atoms with E-state index < -0.39 is 5.60 Å². The van der Waals surface area contributed by atoms with Crippen LogP contribution in [0.3, 0.4) is 0 Å². The third kappa shape index (κ3) is 3.79. The molecule has 3 heteroatoms. The van der Waals surface area contributed by atoms with E-state index in [1.165, 1.54) is 18.9 Å². The fraction of sp³-hybridized carbons (Fsp3) is 0.625. The summed E-state index contributed by atoms with van der Waals surface area (Å²) in [7, 11) is 0. The van der Waals surface area contributed by atoms with Crippen LogP contribution in [0.1, 0.15) is 51.0 Å². The van der Waals surface area contributed by atoms with Gasteiger partial charge in [-0.25, -0.2) is 4.39 Å². The molecule has 0 heterocycles. The Morgan fingerprint density at radius 3 is 2.89 bits per heavy atom. The number of aliphatic hydroxyl groups is 1. The van der Waals surface area contributed by atoms with Crippen LogP contribution in [0.5, 0.6) is 0 Å². The van der Waals surface area contributed by atoms with Gasteiger partial charge in [0.2, 0.25) is 0 Å². The third-order valence-corrected chi connectivity index (χ3v) is 5.29. The fourth-order valence-electron chi connectivity index (χ4n) is 3.09. The first kappa shape index (κ1) is 15.0. The van der Waals surface area contributed by atoms with Crippen molar-refractivity contribution in [3.63, 3.8) is 0 Å². The van der Waals surface area contributed by atoms with Crippen LogP contribution < -0.4 is 0 Å². The fourth-order valence-corrected chi connectivity index (χ4v) is 3.49. The SMILES string of the molecule is CCC1CCCC(O)(Cc2cccc(F)c2Br)CC1. The molecule has 2 unspecified atom stereocenters. The molecule has 2 atom stereocenters. The van der Waals surface area contributed by atoms with Crippen LogP contribution in [0.4, 0.5) is 4.39 Å². The molecule has 0 saturated heterocycles. The summed E-state index contributed by atoms with van der Waals surface area (Å²) >= 11 is 3.29. The topological polar surface area (TPSA) is 20.2 Å². The third-order valence-electron chi connectivity index (χ3n) is 4.40. The molecule has 1 aromatic carbocycles. The van der Waals surface area contributed by atoms with Gasteiger partial charge in [0.25, 0.3) is 0 Å². The Balaban J connectivity index is 2.10. The van der Waals surface area contributed by atoms with Crippen molar-refractivity contribution < 1.29 is 9.50 Å². The predicted molar refractivity (Wildman–Crippen MR) is 79.6 cm³/mol. The van der Waals surface area contributed by atoms with Crippen LogP contribution in [0.15, 0.2) is 22.7 Å². The van der Waals surface area contributed by atoms with Crippen molar-refractivity contribution in [3.8, 4) is 0 Å². The molecular weight excluding hydrogens is 307 g/mol. The molecule has 1 aliphatic carbocycles. The Labute approximate surface area is 123 Å². The number of rotatable bonds is 3. The van der Waals surface area contributed by atoms with Gasteiger partial charge in [0, 0.05) is 6.42 Å². The van der Waals surface area contributed by atoms with Crippen molar-refractivity contribution in [1.29, 1.82) is 0 Å². The second kappa shape index (κ2) is 6.36. The molecule has 0 aliphatic heterocycles. The molecule has 1 aromatic rings.